The smallest absolute Gasteiger partial charge is 0.234 e. The summed E-state index contributed by atoms with van der Waals surface area (Å²) in [5.41, 5.74) is 0. The number of nitrogens with zero attached hydrogens (tertiary/aromatic N) is 3. The lowest BCUT2D eigenvalue weighted by Crippen LogP contribution is -2.42. The Morgan fingerprint density at radius 1 is 1.46 bits per heavy atom. The van der Waals surface area contributed by atoms with Crippen LogP contribution in [0.5, 0.6) is 0 Å². The standard InChI is InChI=1S/C17H23N5OS/c1-13(15-6-4-10-24-15)20-17(23)12-18-11-14-5-3-9-22(14)16-7-2-8-19-21-16/h2,4,6-8,10,13-14,18H,3,5,9,11-12H2,1H3,(H,20,23)/t13-,14+/m0/s1. The van der Waals surface area contributed by atoms with Crippen molar-refractivity contribution in [2.45, 2.75) is 31.8 Å². The van der Waals surface area contributed by atoms with Gasteiger partial charge in [0.25, 0.3) is 0 Å². The molecular weight excluding hydrogens is 322 g/mol. The van der Waals surface area contributed by atoms with Crippen LogP contribution in [0.1, 0.15) is 30.7 Å². The Balaban J connectivity index is 1.43. The maximum Gasteiger partial charge on any atom is 0.234 e. The highest BCUT2D eigenvalue weighted by atomic mass is 32.1. The van der Waals surface area contributed by atoms with Crippen LogP contribution in [0.4, 0.5) is 5.82 Å². The minimum Gasteiger partial charge on any atom is -0.351 e. The summed E-state index contributed by atoms with van der Waals surface area (Å²) >= 11 is 1.66. The van der Waals surface area contributed by atoms with Crippen LogP contribution in [0, 0.1) is 0 Å². The highest BCUT2D eigenvalue weighted by Gasteiger charge is 2.25. The van der Waals surface area contributed by atoms with Crippen molar-refractivity contribution in [2.75, 3.05) is 24.5 Å². The average Bonchev–Trinajstić information content (AvgIpc) is 3.27. The summed E-state index contributed by atoms with van der Waals surface area (Å²) < 4.78 is 0. The van der Waals surface area contributed by atoms with Gasteiger partial charge in [-0.05, 0) is 43.3 Å². The number of aromatic nitrogens is 2. The van der Waals surface area contributed by atoms with E-state index in [9.17, 15) is 4.79 Å². The molecule has 1 fully saturated rings. The summed E-state index contributed by atoms with van der Waals surface area (Å²) in [7, 11) is 0. The molecule has 128 valence electrons. The van der Waals surface area contributed by atoms with Crippen molar-refractivity contribution in [3.05, 3.63) is 40.7 Å². The normalized spacial score (nSPS) is 18.5. The molecular formula is C17H23N5OS. The van der Waals surface area contributed by atoms with Gasteiger partial charge in [-0.3, -0.25) is 4.79 Å². The third-order valence-electron chi connectivity index (χ3n) is 4.24. The molecule has 3 rings (SSSR count). The van der Waals surface area contributed by atoms with Crippen LogP contribution in [0.25, 0.3) is 0 Å². The molecule has 0 saturated carbocycles. The van der Waals surface area contributed by atoms with Gasteiger partial charge < -0.3 is 15.5 Å². The van der Waals surface area contributed by atoms with Crippen molar-refractivity contribution in [3.8, 4) is 0 Å². The van der Waals surface area contributed by atoms with Gasteiger partial charge in [-0.15, -0.1) is 16.4 Å². The monoisotopic (exact) mass is 345 g/mol. The van der Waals surface area contributed by atoms with E-state index in [1.165, 1.54) is 4.88 Å². The summed E-state index contributed by atoms with van der Waals surface area (Å²) in [6.07, 6.45) is 3.94. The first-order valence-corrected chi connectivity index (χ1v) is 9.20. The topological polar surface area (TPSA) is 70.2 Å². The number of anilines is 1. The van der Waals surface area contributed by atoms with Gasteiger partial charge in [0.1, 0.15) is 0 Å². The maximum absolute atomic E-state index is 12.1. The zero-order valence-corrected chi connectivity index (χ0v) is 14.6. The molecule has 0 aliphatic carbocycles. The first kappa shape index (κ1) is 16.9. The van der Waals surface area contributed by atoms with Gasteiger partial charge in [-0.2, -0.15) is 5.10 Å². The minimum atomic E-state index is 0.0277. The fourth-order valence-electron chi connectivity index (χ4n) is 3.05. The zero-order valence-electron chi connectivity index (χ0n) is 13.8. The largest absolute Gasteiger partial charge is 0.351 e. The van der Waals surface area contributed by atoms with Gasteiger partial charge in [0.15, 0.2) is 5.82 Å². The van der Waals surface area contributed by atoms with E-state index in [0.29, 0.717) is 12.6 Å². The maximum atomic E-state index is 12.1. The van der Waals surface area contributed by atoms with E-state index < -0.39 is 0 Å². The highest BCUT2D eigenvalue weighted by molar-refractivity contribution is 7.10. The lowest BCUT2D eigenvalue weighted by molar-refractivity contribution is -0.120. The van der Waals surface area contributed by atoms with Crippen LogP contribution >= 0.6 is 11.3 Å². The van der Waals surface area contributed by atoms with Crippen molar-refractivity contribution < 1.29 is 4.79 Å². The van der Waals surface area contributed by atoms with E-state index in [0.717, 1.165) is 31.7 Å². The Labute approximate surface area is 146 Å². The Kier molecular flexibility index (Phi) is 5.77. The molecule has 7 heteroatoms. The molecule has 3 heterocycles. The Bertz CT molecular complexity index is 634. The first-order valence-electron chi connectivity index (χ1n) is 8.32. The fraction of sp³-hybridized carbons (Fsp3) is 0.471. The average molecular weight is 345 g/mol. The summed E-state index contributed by atoms with van der Waals surface area (Å²) in [6, 6.07) is 8.36. The molecule has 1 amide bonds. The van der Waals surface area contributed by atoms with E-state index in [1.807, 2.05) is 36.6 Å². The molecule has 6 nitrogen and oxygen atoms in total. The van der Waals surface area contributed by atoms with Crippen LogP contribution in [-0.2, 0) is 4.79 Å². The number of hydrogen-bond donors (Lipinski definition) is 2. The number of hydrogen-bond acceptors (Lipinski definition) is 6. The molecule has 2 aromatic heterocycles. The molecule has 0 bridgehead atoms. The van der Waals surface area contributed by atoms with Crippen molar-refractivity contribution >= 4 is 23.1 Å². The van der Waals surface area contributed by atoms with E-state index in [4.69, 9.17) is 0 Å². The van der Waals surface area contributed by atoms with Crippen LogP contribution in [0.15, 0.2) is 35.8 Å². The predicted octanol–water partition coefficient (Wildman–Crippen LogP) is 1.97. The van der Waals surface area contributed by atoms with Crippen molar-refractivity contribution in [2.24, 2.45) is 0 Å². The summed E-state index contributed by atoms with van der Waals surface area (Å²) in [5, 5.41) is 16.5. The molecule has 1 aliphatic rings. The molecule has 2 N–H and O–H groups in total. The van der Waals surface area contributed by atoms with Crippen LogP contribution in [0.2, 0.25) is 0 Å². The summed E-state index contributed by atoms with van der Waals surface area (Å²) in [5.74, 6) is 0.942. The quantitative estimate of drug-likeness (QED) is 0.803. The number of nitrogens with one attached hydrogen (secondary N) is 2. The number of rotatable bonds is 7. The lowest BCUT2D eigenvalue weighted by Gasteiger charge is -2.25. The minimum absolute atomic E-state index is 0.0277. The van der Waals surface area contributed by atoms with Crippen molar-refractivity contribution in [3.63, 3.8) is 0 Å². The molecule has 0 radical (unpaired) electrons. The summed E-state index contributed by atoms with van der Waals surface area (Å²) in [4.78, 5) is 15.5. The Morgan fingerprint density at radius 2 is 2.38 bits per heavy atom. The van der Waals surface area contributed by atoms with Gasteiger partial charge in [-0.1, -0.05) is 6.07 Å². The van der Waals surface area contributed by atoms with E-state index in [-0.39, 0.29) is 11.9 Å². The SMILES string of the molecule is C[C@H](NC(=O)CNC[C@H]1CCCN1c1cccnn1)c1cccs1. The number of carbonyl (C=O) groups is 1. The molecule has 0 unspecified atom stereocenters. The first-order chi connectivity index (χ1) is 11.7. The van der Waals surface area contributed by atoms with Gasteiger partial charge >= 0.3 is 0 Å². The van der Waals surface area contributed by atoms with Crippen molar-refractivity contribution in [1.29, 1.82) is 0 Å². The lowest BCUT2D eigenvalue weighted by atomic mass is 10.2. The third kappa shape index (κ3) is 4.30. The van der Waals surface area contributed by atoms with Gasteiger partial charge in [0.2, 0.25) is 5.91 Å². The zero-order chi connectivity index (χ0) is 16.8. The van der Waals surface area contributed by atoms with Crippen molar-refractivity contribution in [1.82, 2.24) is 20.8 Å². The number of amides is 1. The number of thiophene rings is 1. The highest BCUT2D eigenvalue weighted by Crippen LogP contribution is 2.22. The number of carbonyl (C=O) groups excluding carboxylic acids is 1. The van der Waals surface area contributed by atoms with Gasteiger partial charge in [0, 0.05) is 30.2 Å². The molecule has 1 aliphatic heterocycles. The molecule has 0 aromatic carbocycles. The van der Waals surface area contributed by atoms with Gasteiger partial charge in [-0.25, -0.2) is 0 Å². The molecule has 2 atom stereocenters. The second-order valence-electron chi connectivity index (χ2n) is 6.01. The fourth-order valence-corrected chi connectivity index (χ4v) is 3.78. The van der Waals surface area contributed by atoms with Crippen LogP contribution < -0.4 is 15.5 Å². The second-order valence-corrected chi connectivity index (χ2v) is 6.99. The molecule has 24 heavy (non-hydrogen) atoms. The van der Waals surface area contributed by atoms with Crippen LogP contribution in [-0.4, -0.2) is 41.8 Å². The van der Waals surface area contributed by atoms with E-state index in [1.54, 1.807) is 17.5 Å². The second kappa shape index (κ2) is 8.21. The summed E-state index contributed by atoms with van der Waals surface area (Å²) in [6.45, 7) is 4.11. The molecule has 1 saturated heterocycles. The molecule has 0 spiro atoms. The predicted molar refractivity (Wildman–Crippen MR) is 96.1 cm³/mol. The van der Waals surface area contributed by atoms with Crippen LogP contribution in [0.3, 0.4) is 0 Å². The van der Waals surface area contributed by atoms with Gasteiger partial charge in [0.05, 0.1) is 12.6 Å². The molecule has 2 aromatic rings. The van der Waals surface area contributed by atoms with E-state index in [2.05, 4.69) is 25.7 Å². The Morgan fingerprint density at radius 3 is 3.12 bits per heavy atom. The Hall–Kier alpha value is -1.99. The third-order valence-corrected chi connectivity index (χ3v) is 5.30. The van der Waals surface area contributed by atoms with E-state index >= 15 is 0 Å².